The molecule has 0 aliphatic carbocycles. The molecule has 4 heterocycles. The van der Waals surface area contributed by atoms with E-state index in [1.807, 2.05) is 0 Å². The molecule has 4 aliphatic rings. The molecule has 0 aromatic heterocycles. The third-order valence-corrected chi connectivity index (χ3v) is 11.8. The van der Waals surface area contributed by atoms with Gasteiger partial charge in [0.25, 0.3) is 0 Å². The Hall–Kier alpha value is -2.45. The van der Waals surface area contributed by atoms with Crippen molar-refractivity contribution < 1.29 is 17.6 Å². The summed E-state index contributed by atoms with van der Waals surface area (Å²) in [6.45, 7) is 18.9. The van der Waals surface area contributed by atoms with E-state index in [2.05, 4.69) is 148 Å². The van der Waals surface area contributed by atoms with Crippen LogP contribution in [0.25, 0.3) is 0 Å². The molecule has 6 bridgehead atoms. The first-order chi connectivity index (χ1) is 16.4. The van der Waals surface area contributed by atoms with Gasteiger partial charge in [0.05, 0.1) is 0 Å². The fraction of sp³-hybridized carbons (Fsp3) is 0.400. The first-order valence-corrected chi connectivity index (χ1v) is 14.7. The topological polar surface area (TPSA) is 13.0 Å². The van der Waals surface area contributed by atoms with Gasteiger partial charge in [-0.1, -0.05) is 0 Å². The molecule has 0 saturated heterocycles. The number of hydrogen-bond acceptors (Lipinski definition) is 4. The molecular weight excluding hydrogens is 611 g/mol. The van der Waals surface area contributed by atoms with Crippen LogP contribution in [0.3, 0.4) is 0 Å². The Balaban J connectivity index is 1.69. The van der Waals surface area contributed by atoms with E-state index in [4.69, 9.17) is 0 Å². The molecule has 35 heavy (non-hydrogen) atoms. The van der Waals surface area contributed by atoms with Crippen LogP contribution in [0.4, 0.5) is 0 Å². The molecule has 6 rings (SSSR count). The fourth-order valence-corrected chi connectivity index (χ4v) is 10.4. The molecule has 0 amide bonds. The second-order valence-corrected chi connectivity index (χ2v) is 14.6. The molecule has 5 heteroatoms. The number of fused-ring (bicyclic) bond motifs is 4. The van der Waals surface area contributed by atoms with E-state index in [0.29, 0.717) is 0 Å². The van der Waals surface area contributed by atoms with Crippen molar-refractivity contribution >= 4 is 8.29 Å². The van der Waals surface area contributed by atoms with E-state index in [1.165, 1.54) is 30.5 Å². The molecule has 2 aromatic carbocycles. The van der Waals surface area contributed by atoms with Gasteiger partial charge in [-0.25, -0.2) is 0 Å². The van der Waals surface area contributed by atoms with Gasteiger partial charge < -0.3 is 0 Å². The molecule has 186 valence electrons. The Morgan fingerprint density at radius 2 is 0.886 bits per heavy atom. The molecule has 2 aromatic rings. The van der Waals surface area contributed by atoms with Crippen molar-refractivity contribution in [1.29, 1.82) is 0 Å². The zero-order valence-electron chi connectivity index (χ0n) is 22.0. The summed E-state index contributed by atoms with van der Waals surface area (Å²) in [4.78, 5) is 10.1. The average molecular weight is 648 g/mol. The van der Waals surface area contributed by atoms with Crippen molar-refractivity contribution in [3.05, 3.63) is 95.6 Å². The van der Waals surface area contributed by atoms with Crippen LogP contribution in [-0.2, 0) is 34.1 Å². The van der Waals surface area contributed by atoms with Crippen LogP contribution in [-0.4, -0.2) is 33.6 Å². The fourth-order valence-electron chi connectivity index (χ4n) is 5.66. The van der Waals surface area contributed by atoms with E-state index in [0.717, 1.165) is 0 Å². The molecular formula is C30H36N4Pt. The predicted molar refractivity (Wildman–Crippen MR) is 141 cm³/mol. The van der Waals surface area contributed by atoms with Crippen molar-refractivity contribution in [1.82, 2.24) is 19.6 Å². The van der Waals surface area contributed by atoms with Gasteiger partial charge in [-0.15, -0.1) is 0 Å². The van der Waals surface area contributed by atoms with Gasteiger partial charge in [0, 0.05) is 0 Å². The van der Waals surface area contributed by atoms with E-state index in [9.17, 15) is 0 Å². The normalized spacial score (nSPS) is 24.5. The maximum absolute atomic E-state index is 2.55. The van der Waals surface area contributed by atoms with E-state index in [-0.39, 0.29) is 22.2 Å². The Morgan fingerprint density at radius 1 is 0.514 bits per heavy atom. The molecule has 4 aliphatic heterocycles. The molecule has 0 N–H and O–H groups in total. The molecule has 0 radical (unpaired) electrons. The molecule has 0 spiro atoms. The van der Waals surface area contributed by atoms with Crippen molar-refractivity contribution in [2.24, 2.45) is 0 Å². The predicted octanol–water partition coefficient (Wildman–Crippen LogP) is 5.68. The van der Waals surface area contributed by atoms with Crippen LogP contribution >= 0.6 is 0 Å². The van der Waals surface area contributed by atoms with Crippen LogP contribution in [0.15, 0.2) is 73.3 Å². The molecule has 0 unspecified atom stereocenters. The first kappa shape index (κ1) is 23.0. The minimum absolute atomic E-state index is 0.104. The van der Waals surface area contributed by atoms with E-state index >= 15 is 0 Å². The second kappa shape index (κ2) is 7.07. The number of benzene rings is 2. The van der Waals surface area contributed by atoms with Gasteiger partial charge in [-0.05, 0) is 0 Å². The van der Waals surface area contributed by atoms with Crippen molar-refractivity contribution in [3.8, 4) is 0 Å². The molecule has 4 nitrogen and oxygen atoms in total. The summed E-state index contributed by atoms with van der Waals surface area (Å²) in [5.41, 5.74) is 4.82. The summed E-state index contributed by atoms with van der Waals surface area (Å²) in [6.07, 6.45) is 9.21. The van der Waals surface area contributed by atoms with Crippen LogP contribution in [0.5, 0.6) is 0 Å². The van der Waals surface area contributed by atoms with Gasteiger partial charge in [0.2, 0.25) is 0 Å². The zero-order chi connectivity index (χ0) is 25.0. The SMILES string of the molecule is CC1(C)c2cccc(c2)C(C)(C)N2C=CN3[C]2=[Pt]=[C]2N(C=CN2C3(C)C)C(C)(C)c2cccc1c2. The Labute approximate surface area is 218 Å². The number of hydrogen-bond donors (Lipinski definition) is 0. The third-order valence-electron chi connectivity index (χ3n) is 8.57. The van der Waals surface area contributed by atoms with Crippen LogP contribution in [0, 0.1) is 0 Å². The summed E-state index contributed by atoms with van der Waals surface area (Å²) in [7, 11) is 0. The monoisotopic (exact) mass is 647 g/mol. The van der Waals surface area contributed by atoms with Crippen LogP contribution in [0.1, 0.15) is 77.6 Å². The first-order valence-electron chi connectivity index (χ1n) is 12.4. The quantitative estimate of drug-likeness (QED) is 0.365. The summed E-state index contributed by atoms with van der Waals surface area (Å²) in [6, 6.07) is 18.6. The van der Waals surface area contributed by atoms with Crippen molar-refractivity contribution in [2.45, 2.75) is 77.5 Å². The zero-order valence-corrected chi connectivity index (χ0v) is 24.3. The molecule has 0 saturated carbocycles. The summed E-state index contributed by atoms with van der Waals surface area (Å²) in [5, 5.41) is 0. The average Bonchev–Trinajstić information content (AvgIpc) is 3.45. The third kappa shape index (κ3) is 3.02. The Kier molecular flexibility index (Phi) is 4.64. The van der Waals surface area contributed by atoms with Crippen molar-refractivity contribution in [3.63, 3.8) is 0 Å². The maximum atomic E-state index is 2.55. The van der Waals surface area contributed by atoms with Crippen LogP contribution < -0.4 is 0 Å². The molecule has 0 fully saturated rings. The minimum atomic E-state index is -0.442. The van der Waals surface area contributed by atoms with Gasteiger partial charge >= 0.3 is 219 Å². The number of rotatable bonds is 0. The van der Waals surface area contributed by atoms with Crippen LogP contribution in [0.2, 0.25) is 0 Å². The van der Waals surface area contributed by atoms with Gasteiger partial charge in [0.1, 0.15) is 0 Å². The van der Waals surface area contributed by atoms with Gasteiger partial charge in [-0.3, -0.25) is 0 Å². The Morgan fingerprint density at radius 3 is 1.31 bits per heavy atom. The molecule has 0 atom stereocenters. The van der Waals surface area contributed by atoms with E-state index < -0.39 is 17.6 Å². The van der Waals surface area contributed by atoms with Crippen molar-refractivity contribution in [2.75, 3.05) is 0 Å². The Bertz CT molecular complexity index is 1270. The second-order valence-electron chi connectivity index (χ2n) is 12.0. The number of nitrogens with zero attached hydrogens (tertiary/aromatic N) is 4. The van der Waals surface area contributed by atoms with Gasteiger partial charge in [-0.2, -0.15) is 0 Å². The standard InChI is InChI=1S/C30H36N4.Pt/c1-27(2)23-11-9-13-25(19-23)28(3,4)31-15-17-33(21-31)30(7,8)34-18-16-32(22-34)29(5,6)26-14-10-12-24(27)20-26;/h9-20H,1-8H3;. The summed E-state index contributed by atoms with van der Waals surface area (Å²) in [5.74, 6) is 0. The summed E-state index contributed by atoms with van der Waals surface area (Å²) >= 11 is -0.442. The summed E-state index contributed by atoms with van der Waals surface area (Å²) < 4.78 is 2.90. The van der Waals surface area contributed by atoms with Gasteiger partial charge in [0.15, 0.2) is 0 Å². The van der Waals surface area contributed by atoms with E-state index in [1.54, 1.807) is 0 Å².